The molecule has 0 radical (unpaired) electrons. The fraction of sp³-hybridized carbons (Fsp3) is 0.500. The quantitative estimate of drug-likeness (QED) is 0.407. The van der Waals surface area contributed by atoms with Gasteiger partial charge in [0.2, 0.25) is 0 Å². The first-order chi connectivity index (χ1) is 5.67. The Morgan fingerprint density at radius 3 is 2.67 bits per heavy atom. The van der Waals surface area contributed by atoms with Gasteiger partial charge in [-0.3, -0.25) is 4.79 Å². The maximum absolute atomic E-state index is 10.6. The van der Waals surface area contributed by atoms with Crippen molar-refractivity contribution in [1.82, 2.24) is 0 Å². The summed E-state index contributed by atoms with van der Waals surface area (Å²) >= 11 is 1.07. The first kappa shape index (κ1) is 11.1. The maximum atomic E-state index is 10.6. The molecule has 0 unspecified atom stereocenters. The number of aldehydes is 1. The molecule has 0 rings (SSSR count). The number of carbonyl (C=O) groups excluding carboxylic acids is 1. The third-order valence-electron chi connectivity index (χ3n) is 1.49. The summed E-state index contributed by atoms with van der Waals surface area (Å²) in [6.45, 7) is 3.59. The minimum atomic E-state index is -0.0856. The van der Waals surface area contributed by atoms with Crippen LogP contribution >= 0.6 is 11.8 Å². The highest BCUT2D eigenvalue weighted by molar-refractivity contribution is 8.04. The van der Waals surface area contributed by atoms with Crippen LogP contribution in [-0.4, -0.2) is 11.5 Å². The first-order valence-corrected chi connectivity index (χ1v) is 4.51. The molecule has 0 aliphatic rings. The van der Waals surface area contributed by atoms with Crippen molar-refractivity contribution in [3.8, 4) is 5.40 Å². The van der Waals surface area contributed by atoms with Gasteiger partial charge in [-0.2, -0.15) is 5.26 Å². The number of nitrogens with zero attached hydrogens (tertiary/aromatic N) is 1. The maximum Gasteiger partial charge on any atom is 0.148 e. The van der Waals surface area contributed by atoms with E-state index < -0.39 is 0 Å². The predicted octanol–water partition coefficient (Wildman–Crippen LogP) is 1.41. The zero-order valence-corrected chi connectivity index (χ0v) is 8.02. The van der Waals surface area contributed by atoms with Gasteiger partial charge in [0.25, 0.3) is 0 Å². The van der Waals surface area contributed by atoms with E-state index in [4.69, 9.17) is 11.0 Å². The fourth-order valence-corrected chi connectivity index (χ4v) is 1.52. The Morgan fingerprint density at radius 1 is 1.83 bits per heavy atom. The summed E-state index contributed by atoms with van der Waals surface area (Å²) < 4.78 is 0. The third kappa shape index (κ3) is 2.97. The lowest BCUT2D eigenvalue weighted by molar-refractivity contribution is -0.105. The van der Waals surface area contributed by atoms with Crippen molar-refractivity contribution in [1.29, 1.82) is 5.26 Å². The van der Waals surface area contributed by atoms with Crippen molar-refractivity contribution in [2.24, 2.45) is 5.73 Å². The van der Waals surface area contributed by atoms with Crippen molar-refractivity contribution in [2.45, 2.75) is 25.5 Å². The molecule has 3 nitrogen and oxygen atoms in total. The van der Waals surface area contributed by atoms with E-state index >= 15 is 0 Å². The number of rotatable bonds is 4. The molecular formula is C8H12N2OS. The Balaban J connectivity index is 4.59. The average Bonchev–Trinajstić information content (AvgIpc) is 2.03. The van der Waals surface area contributed by atoms with Crippen LogP contribution in [0, 0.1) is 10.7 Å². The standard InChI is InChI=1S/C8H12N2OS/c1-3-8(12-5-9)7(4-11)6(2)10/h4,8H,3,10H2,1-2H3/t8-/m0/s1. The summed E-state index contributed by atoms with van der Waals surface area (Å²) in [7, 11) is 0. The second-order valence-electron chi connectivity index (χ2n) is 2.36. The van der Waals surface area contributed by atoms with Crippen LogP contribution < -0.4 is 5.73 Å². The van der Waals surface area contributed by atoms with Crippen LogP contribution in [0.2, 0.25) is 0 Å². The second-order valence-corrected chi connectivity index (χ2v) is 3.35. The largest absolute Gasteiger partial charge is 0.402 e. The van der Waals surface area contributed by atoms with Gasteiger partial charge < -0.3 is 5.73 Å². The van der Waals surface area contributed by atoms with Gasteiger partial charge in [-0.25, -0.2) is 0 Å². The Morgan fingerprint density at radius 2 is 2.42 bits per heavy atom. The lowest BCUT2D eigenvalue weighted by Gasteiger charge is -2.10. The SMILES string of the molecule is CC[C@H](SC#N)C(C=O)=C(C)N. The molecule has 2 N–H and O–H groups in total. The average molecular weight is 184 g/mol. The molecule has 12 heavy (non-hydrogen) atoms. The van der Waals surface area contributed by atoms with Crippen LogP contribution in [-0.2, 0) is 4.79 Å². The van der Waals surface area contributed by atoms with E-state index in [1.165, 1.54) is 0 Å². The highest BCUT2D eigenvalue weighted by Gasteiger charge is 2.13. The molecule has 0 aromatic carbocycles. The number of allylic oxidation sites excluding steroid dienone is 1. The Kier molecular flexibility index (Phi) is 5.22. The fourth-order valence-electron chi connectivity index (χ4n) is 0.853. The number of hydrogen-bond donors (Lipinski definition) is 1. The van der Waals surface area contributed by atoms with Crippen LogP contribution in [0.1, 0.15) is 20.3 Å². The number of nitriles is 1. The molecule has 0 aliphatic heterocycles. The number of thiocyanates is 1. The van der Waals surface area contributed by atoms with Gasteiger partial charge in [0, 0.05) is 16.5 Å². The van der Waals surface area contributed by atoms with Gasteiger partial charge >= 0.3 is 0 Å². The van der Waals surface area contributed by atoms with Crippen molar-refractivity contribution in [3.63, 3.8) is 0 Å². The van der Waals surface area contributed by atoms with Gasteiger partial charge in [0.15, 0.2) is 0 Å². The molecule has 0 amide bonds. The van der Waals surface area contributed by atoms with E-state index in [2.05, 4.69) is 0 Å². The molecular weight excluding hydrogens is 172 g/mol. The molecule has 0 aromatic heterocycles. The third-order valence-corrected chi connectivity index (χ3v) is 2.47. The highest BCUT2D eigenvalue weighted by atomic mass is 32.2. The zero-order valence-electron chi connectivity index (χ0n) is 7.20. The van der Waals surface area contributed by atoms with Crippen molar-refractivity contribution >= 4 is 18.0 Å². The lowest BCUT2D eigenvalue weighted by Crippen LogP contribution is -2.11. The number of thioether (sulfide) groups is 1. The van der Waals surface area contributed by atoms with E-state index in [0.29, 0.717) is 11.3 Å². The van der Waals surface area contributed by atoms with Gasteiger partial charge in [-0.05, 0) is 25.1 Å². The molecule has 1 atom stereocenters. The Bertz CT molecular complexity index is 226. The number of nitrogens with two attached hydrogens (primary N) is 1. The summed E-state index contributed by atoms with van der Waals surface area (Å²) in [5, 5.41) is 10.3. The van der Waals surface area contributed by atoms with E-state index in [9.17, 15) is 4.79 Å². The molecule has 0 fully saturated rings. The van der Waals surface area contributed by atoms with Crippen LogP contribution in [0.4, 0.5) is 0 Å². The molecule has 0 aliphatic carbocycles. The Labute approximate surface area is 76.6 Å². The summed E-state index contributed by atoms with van der Waals surface area (Å²) in [6.07, 6.45) is 1.47. The summed E-state index contributed by atoms with van der Waals surface area (Å²) in [5.41, 5.74) is 6.51. The zero-order chi connectivity index (χ0) is 9.56. The summed E-state index contributed by atoms with van der Waals surface area (Å²) in [6, 6.07) is 0. The van der Waals surface area contributed by atoms with Crippen molar-refractivity contribution in [3.05, 3.63) is 11.3 Å². The molecule has 0 bridgehead atoms. The normalized spacial score (nSPS) is 14.4. The molecule has 4 heteroatoms. The van der Waals surface area contributed by atoms with Crippen LogP contribution in [0.5, 0.6) is 0 Å². The first-order valence-electron chi connectivity index (χ1n) is 3.63. The molecule has 0 spiro atoms. The van der Waals surface area contributed by atoms with Gasteiger partial charge in [0.1, 0.15) is 11.7 Å². The topological polar surface area (TPSA) is 66.9 Å². The summed E-state index contributed by atoms with van der Waals surface area (Å²) in [5.74, 6) is 0. The minimum Gasteiger partial charge on any atom is -0.402 e. The number of hydrogen-bond acceptors (Lipinski definition) is 4. The van der Waals surface area contributed by atoms with Crippen LogP contribution in [0.15, 0.2) is 11.3 Å². The molecule has 0 heterocycles. The van der Waals surface area contributed by atoms with E-state index in [1.807, 2.05) is 12.3 Å². The smallest absolute Gasteiger partial charge is 0.148 e. The molecule has 66 valence electrons. The van der Waals surface area contributed by atoms with Gasteiger partial charge in [-0.1, -0.05) is 6.92 Å². The summed E-state index contributed by atoms with van der Waals surface area (Å²) in [4.78, 5) is 10.6. The Hall–Kier alpha value is -0.950. The lowest BCUT2D eigenvalue weighted by atomic mass is 10.1. The molecule has 0 saturated carbocycles. The minimum absolute atomic E-state index is 0.0856. The van der Waals surface area contributed by atoms with Gasteiger partial charge in [0.05, 0.1) is 0 Å². The van der Waals surface area contributed by atoms with Crippen molar-refractivity contribution in [2.75, 3.05) is 0 Å². The highest BCUT2D eigenvalue weighted by Crippen LogP contribution is 2.21. The van der Waals surface area contributed by atoms with Crippen molar-refractivity contribution < 1.29 is 4.79 Å². The van der Waals surface area contributed by atoms with E-state index in [0.717, 1.165) is 24.5 Å². The van der Waals surface area contributed by atoms with Crippen LogP contribution in [0.25, 0.3) is 0 Å². The van der Waals surface area contributed by atoms with Crippen LogP contribution in [0.3, 0.4) is 0 Å². The molecule has 0 saturated heterocycles. The monoisotopic (exact) mass is 184 g/mol. The predicted molar refractivity (Wildman–Crippen MR) is 50.2 cm³/mol. The van der Waals surface area contributed by atoms with E-state index in [-0.39, 0.29) is 5.25 Å². The van der Waals surface area contributed by atoms with E-state index in [1.54, 1.807) is 6.92 Å². The molecule has 0 aromatic rings. The number of carbonyl (C=O) groups is 1. The second kappa shape index (κ2) is 5.67. The van der Waals surface area contributed by atoms with Gasteiger partial charge in [-0.15, -0.1) is 0 Å².